The lowest BCUT2D eigenvalue weighted by Gasteiger charge is -2.17. The molecular weight excluding hydrogens is 314 g/mol. The standard InChI is InChI=1S/C12H16BrN3O3/c1-15(4-5-19-8-9-2-3-9)12-11(16(17)18)6-10(13)7-14-12/h6-7,9H,2-5,8H2,1H3. The summed E-state index contributed by atoms with van der Waals surface area (Å²) in [5, 5.41) is 11.0. The summed E-state index contributed by atoms with van der Waals surface area (Å²) in [5.74, 6) is 1.09. The van der Waals surface area contributed by atoms with Crippen LogP contribution in [0.1, 0.15) is 12.8 Å². The van der Waals surface area contributed by atoms with Gasteiger partial charge in [-0.3, -0.25) is 10.1 Å². The predicted octanol–water partition coefficient (Wildman–Crippen LogP) is 2.62. The lowest BCUT2D eigenvalue weighted by molar-refractivity contribution is -0.384. The van der Waals surface area contributed by atoms with Crippen LogP contribution >= 0.6 is 15.9 Å². The Hall–Kier alpha value is -1.21. The molecule has 1 heterocycles. The zero-order valence-corrected chi connectivity index (χ0v) is 12.3. The number of nitro groups is 1. The summed E-state index contributed by atoms with van der Waals surface area (Å²) in [6.07, 6.45) is 4.08. The van der Waals surface area contributed by atoms with Crippen molar-refractivity contribution >= 4 is 27.4 Å². The van der Waals surface area contributed by atoms with E-state index in [2.05, 4.69) is 20.9 Å². The van der Waals surface area contributed by atoms with Crippen LogP contribution in [-0.2, 0) is 4.74 Å². The van der Waals surface area contributed by atoms with E-state index in [1.54, 1.807) is 18.1 Å². The highest BCUT2D eigenvalue weighted by Gasteiger charge is 2.22. The van der Waals surface area contributed by atoms with Gasteiger partial charge in [-0.15, -0.1) is 0 Å². The third-order valence-electron chi connectivity index (χ3n) is 2.99. The zero-order valence-electron chi connectivity index (χ0n) is 10.7. The quantitative estimate of drug-likeness (QED) is 0.437. The van der Waals surface area contributed by atoms with Crippen molar-refractivity contribution in [1.82, 2.24) is 4.98 Å². The molecule has 0 aromatic carbocycles. The summed E-state index contributed by atoms with van der Waals surface area (Å²) >= 11 is 3.19. The fourth-order valence-corrected chi connectivity index (χ4v) is 2.01. The topological polar surface area (TPSA) is 68.5 Å². The second-order valence-electron chi connectivity index (χ2n) is 4.69. The highest BCUT2D eigenvalue weighted by atomic mass is 79.9. The third kappa shape index (κ3) is 4.14. The third-order valence-corrected chi connectivity index (χ3v) is 3.43. The van der Waals surface area contributed by atoms with Gasteiger partial charge in [0.05, 0.1) is 11.5 Å². The van der Waals surface area contributed by atoms with E-state index in [1.165, 1.54) is 18.9 Å². The van der Waals surface area contributed by atoms with Gasteiger partial charge in [0.2, 0.25) is 5.82 Å². The molecule has 1 aromatic heterocycles. The molecule has 1 saturated carbocycles. The number of rotatable bonds is 7. The van der Waals surface area contributed by atoms with Gasteiger partial charge in [-0.25, -0.2) is 4.98 Å². The van der Waals surface area contributed by atoms with E-state index < -0.39 is 4.92 Å². The molecule has 1 aromatic rings. The maximum atomic E-state index is 11.0. The molecule has 1 fully saturated rings. The van der Waals surface area contributed by atoms with Crippen molar-refractivity contribution in [2.75, 3.05) is 31.7 Å². The number of aromatic nitrogens is 1. The summed E-state index contributed by atoms with van der Waals surface area (Å²) in [6, 6.07) is 1.46. The van der Waals surface area contributed by atoms with Crippen LogP contribution in [0.25, 0.3) is 0 Å². The molecule has 0 atom stereocenters. The van der Waals surface area contributed by atoms with Crippen molar-refractivity contribution in [2.45, 2.75) is 12.8 Å². The van der Waals surface area contributed by atoms with Crippen molar-refractivity contribution in [2.24, 2.45) is 5.92 Å². The summed E-state index contributed by atoms with van der Waals surface area (Å²) in [5.41, 5.74) is -0.000863. The minimum absolute atomic E-state index is 0.000863. The van der Waals surface area contributed by atoms with Crippen molar-refractivity contribution < 1.29 is 9.66 Å². The summed E-state index contributed by atoms with van der Waals surface area (Å²) in [7, 11) is 1.78. The molecule has 1 aliphatic rings. The zero-order chi connectivity index (χ0) is 13.8. The average molecular weight is 330 g/mol. The molecule has 0 radical (unpaired) electrons. The van der Waals surface area contributed by atoms with E-state index in [0.717, 1.165) is 12.5 Å². The van der Waals surface area contributed by atoms with E-state index in [0.29, 0.717) is 23.4 Å². The molecule has 0 N–H and O–H groups in total. The number of pyridine rings is 1. The lowest BCUT2D eigenvalue weighted by atomic mass is 10.3. The fraction of sp³-hybridized carbons (Fsp3) is 0.583. The molecule has 19 heavy (non-hydrogen) atoms. The molecule has 0 aliphatic heterocycles. The highest BCUT2D eigenvalue weighted by molar-refractivity contribution is 9.10. The lowest BCUT2D eigenvalue weighted by Crippen LogP contribution is -2.24. The fourth-order valence-electron chi connectivity index (χ4n) is 1.69. The molecule has 104 valence electrons. The monoisotopic (exact) mass is 329 g/mol. The van der Waals surface area contributed by atoms with Gasteiger partial charge >= 0.3 is 5.69 Å². The van der Waals surface area contributed by atoms with Crippen LogP contribution in [0.2, 0.25) is 0 Å². The van der Waals surface area contributed by atoms with Crippen molar-refractivity contribution in [3.05, 3.63) is 26.9 Å². The van der Waals surface area contributed by atoms with Crippen molar-refractivity contribution in [3.63, 3.8) is 0 Å². The van der Waals surface area contributed by atoms with Crippen LogP contribution in [0.4, 0.5) is 11.5 Å². The maximum Gasteiger partial charge on any atom is 0.312 e. The van der Waals surface area contributed by atoms with Crippen LogP contribution in [0.15, 0.2) is 16.7 Å². The van der Waals surface area contributed by atoms with Crippen LogP contribution in [0, 0.1) is 16.0 Å². The van der Waals surface area contributed by atoms with Crippen molar-refractivity contribution in [3.8, 4) is 0 Å². The Balaban J connectivity index is 1.92. The van der Waals surface area contributed by atoms with Gasteiger partial charge in [0.1, 0.15) is 0 Å². The number of anilines is 1. The molecule has 0 bridgehead atoms. The summed E-state index contributed by atoms with van der Waals surface area (Å²) in [6.45, 7) is 1.94. The van der Waals surface area contributed by atoms with Crippen LogP contribution in [0.5, 0.6) is 0 Å². The van der Waals surface area contributed by atoms with Crippen LogP contribution in [-0.4, -0.2) is 36.7 Å². The Bertz CT molecular complexity index is 466. The van der Waals surface area contributed by atoms with Gasteiger partial charge in [-0.05, 0) is 34.7 Å². The Morgan fingerprint density at radius 3 is 3.00 bits per heavy atom. The Morgan fingerprint density at radius 1 is 1.63 bits per heavy atom. The van der Waals surface area contributed by atoms with Gasteiger partial charge in [-0.1, -0.05) is 0 Å². The minimum Gasteiger partial charge on any atom is -0.379 e. The normalized spacial score (nSPS) is 14.4. The van der Waals surface area contributed by atoms with Crippen LogP contribution < -0.4 is 4.90 Å². The molecule has 0 amide bonds. The smallest absolute Gasteiger partial charge is 0.312 e. The summed E-state index contributed by atoms with van der Waals surface area (Å²) in [4.78, 5) is 16.4. The molecule has 7 heteroatoms. The van der Waals surface area contributed by atoms with Crippen LogP contribution in [0.3, 0.4) is 0 Å². The van der Waals surface area contributed by atoms with E-state index in [-0.39, 0.29) is 5.69 Å². The number of likely N-dealkylation sites (N-methyl/N-ethyl adjacent to an activating group) is 1. The maximum absolute atomic E-state index is 11.0. The predicted molar refractivity (Wildman–Crippen MR) is 75.4 cm³/mol. The average Bonchev–Trinajstić information content (AvgIpc) is 3.18. The largest absolute Gasteiger partial charge is 0.379 e. The van der Waals surface area contributed by atoms with E-state index >= 15 is 0 Å². The number of nitrogens with zero attached hydrogens (tertiary/aromatic N) is 3. The molecule has 0 unspecified atom stereocenters. The Kier molecular flexibility index (Phi) is 4.71. The van der Waals surface area contributed by atoms with E-state index in [1.807, 2.05) is 0 Å². The molecule has 0 spiro atoms. The van der Waals surface area contributed by atoms with Gasteiger partial charge in [-0.2, -0.15) is 0 Å². The number of hydrogen-bond acceptors (Lipinski definition) is 5. The van der Waals surface area contributed by atoms with Gasteiger partial charge in [0, 0.05) is 36.9 Å². The highest BCUT2D eigenvalue weighted by Crippen LogP contribution is 2.29. The summed E-state index contributed by atoms with van der Waals surface area (Å²) < 4.78 is 6.12. The number of halogens is 1. The first kappa shape index (κ1) is 14.2. The molecule has 1 aliphatic carbocycles. The Morgan fingerprint density at radius 2 is 2.37 bits per heavy atom. The second-order valence-corrected chi connectivity index (χ2v) is 5.61. The van der Waals surface area contributed by atoms with E-state index in [9.17, 15) is 10.1 Å². The SMILES string of the molecule is CN(CCOCC1CC1)c1ncc(Br)cc1[N+](=O)[O-]. The van der Waals surface area contributed by atoms with E-state index in [4.69, 9.17) is 4.74 Å². The van der Waals surface area contributed by atoms with Gasteiger partial charge in [0.15, 0.2) is 0 Å². The Labute approximate surface area is 120 Å². The second kappa shape index (κ2) is 6.29. The number of hydrogen-bond donors (Lipinski definition) is 0. The first-order valence-electron chi connectivity index (χ1n) is 6.16. The first-order chi connectivity index (χ1) is 9.08. The molecule has 0 saturated heterocycles. The van der Waals surface area contributed by atoms with Crippen molar-refractivity contribution in [1.29, 1.82) is 0 Å². The minimum atomic E-state index is -0.422. The molecular formula is C12H16BrN3O3. The van der Waals surface area contributed by atoms with Gasteiger partial charge in [0.25, 0.3) is 0 Å². The molecule has 2 rings (SSSR count). The first-order valence-corrected chi connectivity index (χ1v) is 6.96. The van der Waals surface area contributed by atoms with Gasteiger partial charge < -0.3 is 9.64 Å². The number of ether oxygens (including phenoxy) is 1. The molecule has 6 nitrogen and oxygen atoms in total.